The van der Waals surface area contributed by atoms with Crippen molar-refractivity contribution in [3.05, 3.63) is 29.3 Å². The Labute approximate surface area is 196 Å². The largest absolute Gasteiger partial charge is 0.368 e. The fraction of sp³-hybridized carbons (Fsp3) is 0.522. The molecule has 0 aliphatic carbocycles. The minimum absolute atomic E-state index is 0.0564. The standard InChI is InChI=1S/C23H28N6O5/c24-14-6-7-28(12-14)19(31)13-26-8-10-27(11-9-26)16-3-1-2-15-20(16)23(34)29(22(15)33)17-4-5-18(30)25-21(17)32/h1-3,14,17H,4-13,24H2,(H,25,30,32)/t14-,17?/m0/s1. The van der Waals surface area contributed by atoms with Crippen molar-refractivity contribution in [3.63, 3.8) is 0 Å². The summed E-state index contributed by atoms with van der Waals surface area (Å²) < 4.78 is 0. The summed E-state index contributed by atoms with van der Waals surface area (Å²) in [6, 6.07) is 4.21. The lowest BCUT2D eigenvalue weighted by molar-refractivity contribution is -0.136. The van der Waals surface area contributed by atoms with E-state index >= 15 is 0 Å². The molecule has 0 spiro atoms. The lowest BCUT2D eigenvalue weighted by Crippen LogP contribution is -2.54. The zero-order valence-electron chi connectivity index (χ0n) is 18.9. The number of fused-ring (bicyclic) bond motifs is 1. The van der Waals surface area contributed by atoms with E-state index in [0.29, 0.717) is 57.1 Å². The summed E-state index contributed by atoms with van der Waals surface area (Å²) in [5, 5.41) is 2.22. The summed E-state index contributed by atoms with van der Waals surface area (Å²) in [6.45, 7) is 4.15. The van der Waals surface area contributed by atoms with Gasteiger partial charge in [0.25, 0.3) is 11.8 Å². The summed E-state index contributed by atoms with van der Waals surface area (Å²) in [7, 11) is 0. The maximum absolute atomic E-state index is 13.3. The molecule has 4 aliphatic rings. The Balaban J connectivity index is 1.27. The third-order valence-electron chi connectivity index (χ3n) is 7.10. The van der Waals surface area contributed by atoms with Crippen LogP contribution in [0.1, 0.15) is 40.0 Å². The van der Waals surface area contributed by atoms with E-state index in [9.17, 15) is 24.0 Å². The van der Waals surface area contributed by atoms with E-state index in [1.54, 1.807) is 12.1 Å². The second-order valence-corrected chi connectivity index (χ2v) is 9.30. The van der Waals surface area contributed by atoms with Crippen LogP contribution in [0.3, 0.4) is 0 Å². The quantitative estimate of drug-likeness (QED) is 0.524. The zero-order valence-corrected chi connectivity index (χ0v) is 18.9. The first-order valence-electron chi connectivity index (χ1n) is 11.7. The molecule has 4 heterocycles. The average molecular weight is 469 g/mol. The smallest absolute Gasteiger partial charge is 0.264 e. The van der Waals surface area contributed by atoms with E-state index in [2.05, 4.69) is 10.2 Å². The van der Waals surface area contributed by atoms with Crippen molar-refractivity contribution in [1.82, 2.24) is 20.0 Å². The number of carbonyl (C=O) groups excluding carboxylic acids is 5. The van der Waals surface area contributed by atoms with Crippen LogP contribution < -0.4 is 16.0 Å². The molecular weight excluding hydrogens is 440 g/mol. The van der Waals surface area contributed by atoms with Gasteiger partial charge in [0.1, 0.15) is 6.04 Å². The molecule has 0 aromatic heterocycles. The Morgan fingerprint density at radius 3 is 2.44 bits per heavy atom. The van der Waals surface area contributed by atoms with Crippen molar-refractivity contribution in [2.45, 2.75) is 31.3 Å². The van der Waals surface area contributed by atoms with Crippen LogP contribution in [0.5, 0.6) is 0 Å². The molecule has 3 fully saturated rings. The molecule has 11 heteroatoms. The van der Waals surface area contributed by atoms with Crippen molar-refractivity contribution >= 4 is 35.2 Å². The number of benzene rings is 1. The Kier molecular flexibility index (Phi) is 5.82. The molecule has 2 atom stereocenters. The monoisotopic (exact) mass is 468 g/mol. The van der Waals surface area contributed by atoms with Crippen LogP contribution in [0.25, 0.3) is 0 Å². The van der Waals surface area contributed by atoms with Crippen molar-refractivity contribution in [3.8, 4) is 0 Å². The predicted octanol–water partition coefficient (Wildman–Crippen LogP) is -1.23. The highest BCUT2D eigenvalue weighted by molar-refractivity contribution is 6.25. The molecule has 1 aromatic rings. The van der Waals surface area contributed by atoms with E-state index < -0.39 is 29.7 Å². The molecule has 1 aromatic carbocycles. The minimum Gasteiger partial charge on any atom is -0.368 e. The number of hydrogen-bond acceptors (Lipinski definition) is 8. The minimum atomic E-state index is -0.987. The van der Waals surface area contributed by atoms with Crippen LogP contribution in [-0.4, -0.2) is 102 Å². The maximum Gasteiger partial charge on any atom is 0.264 e. The number of amides is 5. The molecule has 3 saturated heterocycles. The Hall–Kier alpha value is -3.31. The second-order valence-electron chi connectivity index (χ2n) is 9.30. The highest BCUT2D eigenvalue weighted by Gasteiger charge is 2.46. The van der Waals surface area contributed by atoms with Gasteiger partial charge in [-0.25, -0.2) is 0 Å². The summed E-state index contributed by atoms with van der Waals surface area (Å²) in [4.78, 5) is 69.7. The van der Waals surface area contributed by atoms with Gasteiger partial charge >= 0.3 is 0 Å². The predicted molar refractivity (Wildman–Crippen MR) is 121 cm³/mol. The number of imide groups is 2. The van der Waals surface area contributed by atoms with Crippen LogP contribution in [0.15, 0.2) is 18.2 Å². The van der Waals surface area contributed by atoms with E-state index in [1.807, 2.05) is 15.9 Å². The second kappa shape index (κ2) is 8.80. The van der Waals surface area contributed by atoms with E-state index in [0.717, 1.165) is 11.3 Å². The Morgan fingerprint density at radius 2 is 1.76 bits per heavy atom. The topological polar surface area (TPSA) is 136 Å². The number of nitrogens with zero attached hydrogens (tertiary/aromatic N) is 4. The van der Waals surface area contributed by atoms with Crippen LogP contribution in [0.2, 0.25) is 0 Å². The molecule has 180 valence electrons. The van der Waals surface area contributed by atoms with Crippen LogP contribution in [0, 0.1) is 0 Å². The van der Waals surface area contributed by atoms with Gasteiger partial charge < -0.3 is 15.5 Å². The molecule has 5 amide bonds. The van der Waals surface area contributed by atoms with Crippen molar-refractivity contribution in [2.24, 2.45) is 5.73 Å². The molecule has 0 saturated carbocycles. The number of carbonyl (C=O) groups is 5. The van der Waals surface area contributed by atoms with Crippen LogP contribution in [-0.2, 0) is 14.4 Å². The van der Waals surface area contributed by atoms with Gasteiger partial charge in [0, 0.05) is 51.7 Å². The first-order valence-corrected chi connectivity index (χ1v) is 11.7. The molecule has 5 rings (SSSR count). The molecule has 34 heavy (non-hydrogen) atoms. The number of hydrogen-bond donors (Lipinski definition) is 2. The highest BCUT2D eigenvalue weighted by Crippen LogP contribution is 2.34. The van der Waals surface area contributed by atoms with Crippen LogP contribution >= 0.6 is 0 Å². The third kappa shape index (κ3) is 3.94. The first kappa shape index (κ1) is 22.5. The number of nitrogens with one attached hydrogen (secondary N) is 1. The van der Waals surface area contributed by atoms with Crippen LogP contribution in [0.4, 0.5) is 5.69 Å². The Bertz CT molecular complexity index is 1070. The molecular formula is C23H28N6O5. The average Bonchev–Trinajstić information content (AvgIpc) is 3.36. The fourth-order valence-corrected chi connectivity index (χ4v) is 5.21. The summed E-state index contributed by atoms with van der Waals surface area (Å²) in [6.07, 6.45) is 1.04. The maximum atomic E-state index is 13.3. The number of anilines is 1. The third-order valence-corrected chi connectivity index (χ3v) is 7.10. The summed E-state index contributed by atoms with van der Waals surface area (Å²) >= 11 is 0. The molecule has 11 nitrogen and oxygen atoms in total. The van der Waals surface area contributed by atoms with E-state index in [-0.39, 0.29) is 30.4 Å². The number of piperazine rings is 1. The fourth-order valence-electron chi connectivity index (χ4n) is 5.21. The van der Waals surface area contributed by atoms with Gasteiger partial charge in [-0.3, -0.25) is 39.1 Å². The summed E-state index contributed by atoms with van der Waals surface area (Å²) in [5.41, 5.74) is 7.14. The number of nitrogens with two attached hydrogens (primary N) is 1. The van der Waals surface area contributed by atoms with Gasteiger partial charge in [-0.05, 0) is 25.0 Å². The van der Waals surface area contributed by atoms with Crippen molar-refractivity contribution < 1.29 is 24.0 Å². The molecule has 3 N–H and O–H groups in total. The SMILES string of the molecule is N[C@H]1CCN(C(=O)CN2CCN(c3cccc4c3C(=O)N(C3CCC(=O)NC3=O)C4=O)CC2)C1. The van der Waals surface area contributed by atoms with E-state index in [4.69, 9.17) is 5.73 Å². The first-order chi connectivity index (χ1) is 16.3. The van der Waals surface area contributed by atoms with Crippen molar-refractivity contribution in [1.29, 1.82) is 0 Å². The molecule has 4 aliphatic heterocycles. The van der Waals surface area contributed by atoms with Gasteiger partial charge in [0.05, 0.1) is 23.4 Å². The van der Waals surface area contributed by atoms with Gasteiger partial charge in [-0.2, -0.15) is 0 Å². The zero-order chi connectivity index (χ0) is 24.0. The number of rotatable bonds is 4. The van der Waals surface area contributed by atoms with Crippen molar-refractivity contribution in [2.75, 3.05) is 50.7 Å². The van der Waals surface area contributed by atoms with Gasteiger partial charge in [-0.15, -0.1) is 0 Å². The number of piperidine rings is 1. The lowest BCUT2D eigenvalue weighted by atomic mass is 10.0. The molecule has 0 bridgehead atoms. The molecule has 1 unspecified atom stereocenters. The van der Waals surface area contributed by atoms with E-state index in [1.165, 1.54) is 0 Å². The summed E-state index contributed by atoms with van der Waals surface area (Å²) in [5.74, 6) is -1.95. The highest BCUT2D eigenvalue weighted by atomic mass is 16.2. The molecule has 0 radical (unpaired) electrons. The lowest BCUT2D eigenvalue weighted by Gasteiger charge is -2.37. The number of likely N-dealkylation sites (tertiary alicyclic amines) is 1. The van der Waals surface area contributed by atoms with Gasteiger partial charge in [0.2, 0.25) is 17.7 Å². The van der Waals surface area contributed by atoms with Gasteiger partial charge in [0.15, 0.2) is 0 Å². The van der Waals surface area contributed by atoms with Gasteiger partial charge in [-0.1, -0.05) is 6.07 Å². The Morgan fingerprint density at radius 1 is 1.00 bits per heavy atom. The normalized spacial score (nSPS) is 25.7.